The molecule has 0 spiro atoms. The third-order valence-electron chi connectivity index (χ3n) is 4.16. The Morgan fingerprint density at radius 3 is 2.81 bits per heavy atom. The standard InChI is InChI=1S/C16H18N2O3/c1-16(9-17,10-6-7-10)18-15(20)14-8-12(19)11-4-2-3-5-13(11)21-14/h2-5,8,10H,6-7,9,17H2,1H3,(H,18,20). The summed E-state index contributed by atoms with van der Waals surface area (Å²) in [6, 6.07) is 8.12. The molecule has 1 atom stereocenters. The molecule has 0 bridgehead atoms. The van der Waals surface area contributed by atoms with Gasteiger partial charge in [-0.3, -0.25) is 9.59 Å². The summed E-state index contributed by atoms with van der Waals surface area (Å²) in [6.07, 6.45) is 2.13. The molecule has 1 aliphatic rings. The molecule has 1 amide bonds. The van der Waals surface area contributed by atoms with Crippen LogP contribution in [0.2, 0.25) is 0 Å². The first-order chi connectivity index (χ1) is 10.0. The maximum Gasteiger partial charge on any atom is 0.287 e. The van der Waals surface area contributed by atoms with Gasteiger partial charge in [0, 0.05) is 12.6 Å². The van der Waals surface area contributed by atoms with Crippen molar-refractivity contribution in [2.24, 2.45) is 11.7 Å². The van der Waals surface area contributed by atoms with E-state index < -0.39 is 11.4 Å². The molecule has 2 aromatic rings. The molecule has 5 heteroatoms. The predicted octanol–water partition coefficient (Wildman–Crippen LogP) is 1.65. The van der Waals surface area contributed by atoms with E-state index in [9.17, 15) is 9.59 Å². The third kappa shape index (κ3) is 2.56. The largest absolute Gasteiger partial charge is 0.451 e. The number of rotatable bonds is 4. The molecule has 110 valence electrons. The van der Waals surface area contributed by atoms with Crippen LogP contribution in [0.15, 0.2) is 39.5 Å². The number of para-hydroxylation sites is 1. The molecule has 0 aliphatic heterocycles. The van der Waals surface area contributed by atoms with Crippen LogP contribution >= 0.6 is 0 Å². The second kappa shape index (κ2) is 5.00. The Bertz CT molecular complexity index is 749. The van der Waals surface area contributed by atoms with Gasteiger partial charge in [0.1, 0.15) is 5.58 Å². The van der Waals surface area contributed by atoms with Crippen LogP contribution in [-0.2, 0) is 0 Å². The first kappa shape index (κ1) is 13.8. The summed E-state index contributed by atoms with van der Waals surface area (Å²) < 4.78 is 5.54. The van der Waals surface area contributed by atoms with Crippen LogP contribution in [0.25, 0.3) is 11.0 Å². The topological polar surface area (TPSA) is 85.3 Å². The van der Waals surface area contributed by atoms with Crippen LogP contribution in [0, 0.1) is 5.92 Å². The minimum absolute atomic E-state index is 0.0269. The van der Waals surface area contributed by atoms with Crippen molar-refractivity contribution in [1.82, 2.24) is 5.32 Å². The molecule has 5 nitrogen and oxygen atoms in total. The van der Waals surface area contributed by atoms with Gasteiger partial charge in [-0.25, -0.2) is 0 Å². The van der Waals surface area contributed by atoms with E-state index in [1.165, 1.54) is 6.07 Å². The minimum Gasteiger partial charge on any atom is -0.451 e. The number of benzene rings is 1. The fourth-order valence-corrected chi connectivity index (χ4v) is 2.58. The van der Waals surface area contributed by atoms with Crippen LogP contribution in [0.3, 0.4) is 0 Å². The molecule has 1 unspecified atom stereocenters. The Balaban J connectivity index is 1.93. The number of amides is 1. The van der Waals surface area contributed by atoms with E-state index in [4.69, 9.17) is 10.2 Å². The maximum atomic E-state index is 12.3. The molecular weight excluding hydrogens is 268 g/mol. The van der Waals surface area contributed by atoms with Crippen molar-refractivity contribution in [2.75, 3.05) is 6.54 Å². The van der Waals surface area contributed by atoms with Gasteiger partial charge in [-0.15, -0.1) is 0 Å². The summed E-state index contributed by atoms with van der Waals surface area (Å²) in [5.74, 6) is 0.0374. The highest BCUT2D eigenvalue weighted by atomic mass is 16.3. The zero-order chi connectivity index (χ0) is 15.0. The Hall–Kier alpha value is -2.14. The zero-order valence-corrected chi connectivity index (χ0v) is 11.9. The number of carbonyl (C=O) groups is 1. The van der Waals surface area contributed by atoms with E-state index in [-0.39, 0.29) is 11.2 Å². The van der Waals surface area contributed by atoms with E-state index in [1.54, 1.807) is 24.3 Å². The summed E-state index contributed by atoms with van der Waals surface area (Å²) >= 11 is 0. The van der Waals surface area contributed by atoms with E-state index in [0.717, 1.165) is 12.8 Å². The van der Waals surface area contributed by atoms with Crippen LogP contribution in [0.1, 0.15) is 30.3 Å². The zero-order valence-electron chi connectivity index (χ0n) is 11.9. The van der Waals surface area contributed by atoms with Gasteiger partial charge in [0.15, 0.2) is 11.2 Å². The summed E-state index contributed by atoms with van der Waals surface area (Å²) in [7, 11) is 0. The second-order valence-electron chi connectivity index (χ2n) is 5.82. The summed E-state index contributed by atoms with van der Waals surface area (Å²) in [5, 5.41) is 3.39. The monoisotopic (exact) mass is 286 g/mol. The van der Waals surface area contributed by atoms with Gasteiger partial charge < -0.3 is 15.5 Å². The molecule has 1 aromatic carbocycles. The van der Waals surface area contributed by atoms with Crippen molar-refractivity contribution >= 4 is 16.9 Å². The van der Waals surface area contributed by atoms with E-state index >= 15 is 0 Å². The maximum absolute atomic E-state index is 12.3. The predicted molar refractivity (Wildman–Crippen MR) is 80.1 cm³/mol. The third-order valence-corrected chi connectivity index (χ3v) is 4.16. The minimum atomic E-state index is -0.443. The summed E-state index contributed by atoms with van der Waals surface area (Å²) in [5.41, 5.74) is 5.54. The van der Waals surface area contributed by atoms with Gasteiger partial charge in [0.2, 0.25) is 0 Å². The van der Waals surface area contributed by atoms with Crippen molar-refractivity contribution in [3.05, 3.63) is 46.3 Å². The molecule has 3 N–H and O–H groups in total. The number of nitrogens with two attached hydrogens (primary N) is 1. The van der Waals surface area contributed by atoms with Crippen molar-refractivity contribution in [1.29, 1.82) is 0 Å². The Labute approximate surface area is 122 Å². The quantitative estimate of drug-likeness (QED) is 0.895. The molecule has 3 rings (SSSR count). The average molecular weight is 286 g/mol. The van der Waals surface area contributed by atoms with Gasteiger partial charge >= 0.3 is 0 Å². The molecule has 21 heavy (non-hydrogen) atoms. The van der Waals surface area contributed by atoms with Crippen LogP contribution in [0.4, 0.5) is 0 Å². The fourth-order valence-electron chi connectivity index (χ4n) is 2.58. The molecule has 1 saturated carbocycles. The second-order valence-corrected chi connectivity index (χ2v) is 5.82. The highest BCUT2D eigenvalue weighted by Gasteiger charge is 2.42. The first-order valence-electron chi connectivity index (χ1n) is 7.09. The van der Waals surface area contributed by atoms with Crippen molar-refractivity contribution in [3.8, 4) is 0 Å². The Kier molecular flexibility index (Phi) is 3.29. The van der Waals surface area contributed by atoms with E-state index in [1.807, 2.05) is 6.92 Å². The van der Waals surface area contributed by atoms with Gasteiger partial charge in [-0.05, 0) is 37.8 Å². The molecule has 1 aliphatic carbocycles. The van der Waals surface area contributed by atoms with Crippen LogP contribution < -0.4 is 16.5 Å². The van der Waals surface area contributed by atoms with Gasteiger partial charge in [-0.1, -0.05) is 12.1 Å². The highest BCUT2D eigenvalue weighted by Crippen LogP contribution is 2.39. The number of nitrogens with one attached hydrogen (secondary N) is 1. The van der Waals surface area contributed by atoms with Crippen molar-refractivity contribution < 1.29 is 9.21 Å². The number of fused-ring (bicyclic) bond motifs is 1. The molecular formula is C16H18N2O3. The lowest BCUT2D eigenvalue weighted by atomic mass is 9.96. The number of carbonyl (C=O) groups excluding carboxylic acids is 1. The lowest BCUT2D eigenvalue weighted by Crippen LogP contribution is -2.53. The van der Waals surface area contributed by atoms with E-state index in [2.05, 4.69) is 5.32 Å². The lowest BCUT2D eigenvalue weighted by Gasteiger charge is -2.29. The van der Waals surface area contributed by atoms with Gasteiger partial charge in [-0.2, -0.15) is 0 Å². The van der Waals surface area contributed by atoms with Crippen LogP contribution in [0.5, 0.6) is 0 Å². The van der Waals surface area contributed by atoms with Gasteiger partial charge in [0.25, 0.3) is 5.91 Å². The normalized spacial score (nSPS) is 17.4. The smallest absolute Gasteiger partial charge is 0.287 e. The SMILES string of the molecule is CC(CN)(NC(=O)c1cc(=O)c2ccccc2o1)C1CC1. The fraction of sp³-hybridized carbons (Fsp3) is 0.375. The molecule has 1 fully saturated rings. The molecule has 0 saturated heterocycles. The molecule has 1 heterocycles. The lowest BCUT2D eigenvalue weighted by molar-refractivity contribution is 0.0869. The van der Waals surface area contributed by atoms with Crippen molar-refractivity contribution in [3.63, 3.8) is 0 Å². The van der Waals surface area contributed by atoms with E-state index in [0.29, 0.717) is 23.4 Å². The summed E-state index contributed by atoms with van der Waals surface area (Å²) in [6.45, 7) is 2.29. The molecule has 1 aromatic heterocycles. The average Bonchev–Trinajstić information content (AvgIpc) is 3.32. The Morgan fingerprint density at radius 1 is 1.43 bits per heavy atom. The van der Waals surface area contributed by atoms with Crippen LogP contribution in [-0.4, -0.2) is 18.0 Å². The summed E-state index contributed by atoms with van der Waals surface area (Å²) in [4.78, 5) is 24.4. The molecule has 0 radical (unpaired) electrons. The number of hydrogen-bond donors (Lipinski definition) is 2. The number of hydrogen-bond acceptors (Lipinski definition) is 4. The highest BCUT2D eigenvalue weighted by molar-refractivity contribution is 5.93. The van der Waals surface area contributed by atoms with Gasteiger partial charge in [0.05, 0.1) is 10.9 Å². The first-order valence-corrected chi connectivity index (χ1v) is 7.09. The Morgan fingerprint density at radius 2 is 2.14 bits per heavy atom. The van der Waals surface area contributed by atoms with Crippen molar-refractivity contribution in [2.45, 2.75) is 25.3 Å².